The molecule has 0 heterocycles. The minimum absolute atomic E-state index is 0.575. The number of ether oxygens (including phenoxy) is 3. The molecule has 0 spiro atoms. The van der Waals surface area contributed by atoms with E-state index in [2.05, 4.69) is 19.0 Å². The summed E-state index contributed by atoms with van der Waals surface area (Å²) < 4.78 is 17.7. The minimum Gasteiger partial charge on any atom is -0.493 e. The van der Waals surface area contributed by atoms with E-state index in [4.69, 9.17) is 19.0 Å². The van der Waals surface area contributed by atoms with E-state index in [0.29, 0.717) is 19.8 Å². The summed E-state index contributed by atoms with van der Waals surface area (Å²) in [6.07, 6.45) is 6.47. The fourth-order valence-electron chi connectivity index (χ4n) is 3.10. The first kappa shape index (κ1) is 23.3. The van der Waals surface area contributed by atoms with Crippen molar-refractivity contribution in [3.8, 4) is 17.2 Å². The van der Waals surface area contributed by atoms with Gasteiger partial charge in [0.2, 0.25) is 0 Å². The van der Waals surface area contributed by atoms with Crippen molar-refractivity contribution in [2.24, 2.45) is 5.16 Å². The molecule has 30 heavy (non-hydrogen) atoms. The average Bonchev–Trinajstić information content (AvgIpc) is 2.72. The van der Waals surface area contributed by atoms with Crippen molar-refractivity contribution >= 4 is 6.21 Å². The van der Waals surface area contributed by atoms with Crippen LogP contribution in [0.3, 0.4) is 0 Å². The number of nitrogens with zero attached hydrogens (tertiary/aromatic N) is 1. The molecule has 0 saturated carbocycles. The molecule has 2 aromatic rings. The van der Waals surface area contributed by atoms with E-state index in [1.165, 1.54) is 7.11 Å². The van der Waals surface area contributed by atoms with Gasteiger partial charge >= 0.3 is 0 Å². The molecule has 0 bridgehead atoms. The Morgan fingerprint density at radius 1 is 0.900 bits per heavy atom. The Hall–Kier alpha value is -2.95. The molecule has 0 fully saturated rings. The van der Waals surface area contributed by atoms with Gasteiger partial charge in [0.25, 0.3) is 0 Å². The Bertz CT molecular complexity index is 864. The Morgan fingerprint density at radius 2 is 1.60 bits per heavy atom. The first-order chi connectivity index (χ1) is 14.5. The molecule has 2 aromatic carbocycles. The summed E-state index contributed by atoms with van der Waals surface area (Å²) in [4.78, 5) is 4.76. The predicted molar refractivity (Wildman–Crippen MR) is 122 cm³/mol. The SMILES string of the molecule is C/C=C/COc1cc(C)c(OCCCOc2ccc(/C=N/OC)c(C)c2C)c(C)c1. The Morgan fingerprint density at radius 3 is 2.27 bits per heavy atom. The number of rotatable bonds is 11. The summed E-state index contributed by atoms with van der Waals surface area (Å²) in [5.74, 6) is 2.67. The van der Waals surface area contributed by atoms with Crippen molar-refractivity contribution in [2.45, 2.75) is 41.0 Å². The summed E-state index contributed by atoms with van der Waals surface area (Å²) in [5, 5.41) is 3.83. The molecule has 162 valence electrons. The van der Waals surface area contributed by atoms with Crippen molar-refractivity contribution in [3.05, 3.63) is 64.2 Å². The fraction of sp³-hybridized carbons (Fsp3) is 0.400. The van der Waals surface area contributed by atoms with Crippen molar-refractivity contribution in [1.82, 2.24) is 0 Å². The van der Waals surface area contributed by atoms with Gasteiger partial charge in [0.1, 0.15) is 31.0 Å². The van der Waals surface area contributed by atoms with Gasteiger partial charge in [-0.25, -0.2) is 0 Å². The van der Waals surface area contributed by atoms with E-state index < -0.39 is 0 Å². The molecule has 5 nitrogen and oxygen atoms in total. The van der Waals surface area contributed by atoms with Crippen LogP contribution in [0.4, 0.5) is 0 Å². The zero-order valence-corrected chi connectivity index (χ0v) is 19.0. The highest BCUT2D eigenvalue weighted by molar-refractivity contribution is 5.82. The summed E-state index contributed by atoms with van der Waals surface area (Å²) >= 11 is 0. The maximum absolute atomic E-state index is 6.02. The first-order valence-corrected chi connectivity index (χ1v) is 10.3. The third-order valence-corrected chi connectivity index (χ3v) is 4.88. The van der Waals surface area contributed by atoms with Gasteiger partial charge in [-0.2, -0.15) is 0 Å². The Kier molecular flexibility index (Phi) is 9.26. The summed E-state index contributed by atoms with van der Waals surface area (Å²) in [7, 11) is 1.54. The Labute approximate surface area is 180 Å². The molecule has 0 unspecified atom stereocenters. The number of benzene rings is 2. The molecule has 5 heteroatoms. The number of hydrogen-bond donors (Lipinski definition) is 0. The third-order valence-electron chi connectivity index (χ3n) is 4.88. The molecular weight excluding hydrogens is 378 g/mol. The molecule has 0 aliphatic heterocycles. The van der Waals surface area contributed by atoms with Crippen LogP contribution in [0.1, 0.15) is 41.2 Å². The van der Waals surface area contributed by atoms with E-state index in [1.807, 2.05) is 57.2 Å². The van der Waals surface area contributed by atoms with Crippen molar-refractivity contribution in [1.29, 1.82) is 0 Å². The van der Waals surface area contributed by atoms with Crippen molar-refractivity contribution < 1.29 is 19.0 Å². The quantitative estimate of drug-likeness (QED) is 0.206. The second-order valence-corrected chi connectivity index (χ2v) is 7.14. The molecule has 0 aliphatic rings. The molecule has 0 amide bonds. The molecule has 0 aromatic heterocycles. The van der Waals surface area contributed by atoms with Crippen LogP contribution in [-0.4, -0.2) is 33.1 Å². The zero-order valence-electron chi connectivity index (χ0n) is 19.0. The number of allylic oxidation sites excluding steroid dienone is 1. The highest BCUT2D eigenvalue weighted by atomic mass is 16.6. The molecular formula is C25H33NO4. The maximum Gasteiger partial charge on any atom is 0.125 e. The molecule has 0 N–H and O–H groups in total. The highest BCUT2D eigenvalue weighted by Crippen LogP contribution is 2.29. The first-order valence-electron chi connectivity index (χ1n) is 10.3. The van der Waals surface area contributed by atoms with Crippen LogP contribution in [0.15, 0.2) is 41.6 Å². The van der Waals surface area contributed by atoms with Gasteiger partial charge in [0, 0.05) is 6.42 Å². The molecule has 0 radical (unpaired) electrons. The monoisotopic (exact) mass is 411 g/mol. The van der Waals surface area contributed by atoms with Crippen molar-refractivity contribution in [2.75, 3.05) is 26.9 Å². The van der Waals surface area contributed by atoms with E-state index in [-0.39, 0.29) is 0 Å². The van der Waals surface area contributed by atoms with E-state index in [9.17, 15) is 0 Å². The lowest BCUT2D eigenvalue weighted by molar-refractivity contribution is 0.215. The lowest BCUT2D eigenvalue weighted by atomic mass is 10.0. The third kappa shape index (κ3) is 6.55. The zero-order chi connectivity index (χ0) is 21.9. The minimum atomic E-state index is 0.575. The van der Waals surface area contributed by atoms with Crippen LogP contribution in [0, 0.1) is 27.7 Å². The van der Waals surface area contributed by atoms with Gasteiger partial charge < -0.3 is 19.0 Å². The van der Waals surface area contributed by atoms with E-state index >= 15 is 0 Å². The van der Waals surface area contributed by atoms with Crippen LogP contribution in [-0.2, 0) is 4.84 Å². The fourth-order valence-corrected chi connectivity index (χ4v) is 3.10. The standard InChI is InChI=1S/C25H33NO4/c1-7-8-12-28-23-15-18(2)25(19(3)16-23)30-14-9-13-29-24-11-10-22(17-26-27-6)20(4)21(24)5/h7-8,10-11,15-17H,9,12-14H2,1-6H3/b8-7+,26-17+. The van der Waals surface area contributed by atoms with Gasteiger partial charge in [-0.05, 0) is 86.7 Å². The number of oxime groups is 1. The van der Waals surface area contributed by atoms with Crippen molar-refractivity contribution in [3.63, 3.8) is 0 Å². The van der Waals surface area contributed by atoms with Gasteiger partial charge in [0.15, 0.2) is 0 Å². The van der Waals surface area contributed by atoms with Gasteiger partial charge in [0.05, 0.1) is 19.4 Å². The van der Waals surface area contributed by atoms with Crippen LogP contribution < -0.4 is 14.2 Å². The van der Waals surface area contributed by atoms with Gasteiger partial charge in [-0.15, -0.1) is 0 Å². The topological polar surface area (TPSA) is 49.3 Å². The molecule has 2 rings (SSSR count). The normalized spacial score (nSPS) is 11.3. The second-order valence-electron chi connectivity index (χ2n) is 7.14. The lowest BCUT2D eigenvalue weighted by Gasteiger charge is -2.15. The van der Waals surface area contributed by atoms with Crippen LogP contribution >= 0.6 is 0 Å². The maximum atomic E-state index is 6.02. The average molecular weight is 412 g/mol. The second kappa shape index (κ2) is 11.9. The highest BCUT2D eigenvalue weighted by Gasteiger charge is 2.09. The number of aryl methyl sites for hydroxylation is 2. The summed E-state index contributed by atoms with van der Waals surface area (Å²) in [6, 6.07) is 8.00. The summed E-state index contributed by atoms with van der Waals surface area (Å²) in [6.45, 7) is 11.9. The molecule has 0 saturated heterocycles. The van der Waals surface area contributed by atoms with Crippen LogP contribution in [0.2, 0.25) is 0 Å². The van der Waals surface area contributed by atoms with Crippen LogP contribution in [0.5, 0.6) is 17.2 Å². The van der Waals surface area contributed by atoms with Gasteiger partial charge in [-0.1, -0.05) is 17.3 Å². The predicted octanol–water partition coefficient (Wildman–Crippen LogP) is 5.70. The molecule has 0 aliphatic carbocycles. The largest absolute Gasteiger partial charge is 0.493 e. The Balaban J connectivity index is 1.86. The van der Waals surface area contributed by atoms with Gasteiger partial charge in [-0.3, -0.25) is 0 Å². The van der Waals surface area contributed by atoms with E-state index in [1.54, 1.807) is 6.21 Å². The lowest BCUT2D eigenvalue weighted by Crippen LogP contribution is -2.08. The molecule has 0 atom stereocenters. The van der Waals surface area contributed by atoms with Crippen LogP contribution in [0.25, 0.3) is 0 Å². The van der Waals surface area contributed by atoms with E-state index in [0.717, 1.165) is 51.5 Å². The number of hydrogen-bond acceptors (Lipinski definition) is 5. The smallest absolute Gasteiger partial charge is 0.125 e. The summed E-state index contributed by atoms with van der Waals surface area (Å²) in [5.41, 5.74) is 5.41.